The molecule has 1 atom stereocenters. The van der Waals surface area contributed by atoms with Crippen LogP contribution in [-0.2, 0) is 9.59 Å². The summed E-state index contributed by atoms with van der Waals surface area (Å²) in [4.78, 5) is 31.5. The van der Waals surface area contributed by atoms with Gasteiger partial charge >= 0.3 is 0 Å². The number of nitrogens with zero attached hydrogens (tertiary/aromatic N) is 1. The van der Waals surface area contributed by atoms with Gasteiger partial charge < -0.3 is 20.1 Å². The molecule has 0 radical (unpaired) electrons. The Hall–Kier alpha value is -3.61. The van der Waals surface area contributed by atoms with Crippen LogP contribution in [0.5, 0.6) is 11.5 Å². The predicted octanol–water partition coefficient (Wildman–Crippen LogP) is 4.65. The molecule has 2 aromatic rings. The highest BCUT2D eigenvalue weighted by Crippen LogP contribution is 2.49. The molecular weight excluding hydrogens is 430 g/mol. The van der Waals surface area contributed by atoms with Crippen molar-refractivity contribution in [1.82, 2.24) is 10.3 Å². The molecule has 1 amide bonds. The number of methoxy groups -OCH3 is 2. The van der Waals surface area contributed by atoms with Crippen molar-refractivity contribution in [3.8, 4) is 11.5 Å². The Bertz CT molecular complexity index is 1210. The molecule has 1 unspecified atom stereocenters. The molecule has 4 rings (SSSR count). The first-order valence-electron chi connectivity index (χ1n) is 11.3. The number of aromatic nitrogens is 1. The zero-order valence-electron chi connectivity index (χ0n) is 20.5. The van der Waals surface area contributed by atoms with Crippen LogP contribution >= 0.6 is 0 Å². The minimum Gasteiger partial charge on any atom is -0.497 e. The van der Waals surface area contributed by atoms with E-state index in [9.17, 15) is 9.59 Å². The number of dihydropyridines is 1. The number of ether oxygens (including phenoxy) is 2. The molecule has 1 aliphatic carbocycles. The summed E-state index contributed by atoms with van der Waals surface area (Å²) in [6.07, 6.45) is 2.82. The molecule has 0 saturated heterocycles. The van der Waals surface area contributed by atoms with Crippen LogP contribution in [-0.4, -0.2) is 30.9 Å². The second kappa shape index (κ2) is 8.97. The van der Waals surface area contributed by atoms with Crippen molar-refractivity contribution < 1.29 is 19.1 Å². The number of Topliss-reactive ketones (excluding diaryl/α,β-unsaturated/α-hetero) is 1. The van der Waals surface area contributed by atoms with E-state index in [2.05, 4.69) is 29.5 Å². The van der Waals surface area contributed by atoms with E-state index >= 15 is 0 Å². The maximum atomic E-state index is 13.7. The maximum Gasteiger partial charge on any atom is 0.255 e. The topological polar surface area (TPSA) is 89.6 Å². The summed E-state index contributed by atoms with van der Waals surface area (Å²) in [5.41, 5.74) is 4.17. The summed E-state index contributed by atoms with van der Waals surface area (Å²) in [6, 6.07) is 9.10. The average molecular weight is 462 g/mol. The number of nitrogens with one attached hydrogen (secondary N) is 2. The number of pyridine rings is 1. The van der Waals surface area contributed by atoms with Gasteiger partial charge in [0.15, 0.2) is 5.78 Å². The second-order valence-corrected chi connectivity index (χ2v) is 9.71. The summed E-state index contributed by atoms with van der Waals surface area (Å²) < 4.78 is 11.1. The van der Waals surface area contributed by atoms with Gasteiger partial charge in [0.05, 0.1) is 20.1 Å². The number of amides is 1. The minimum atomic E-state index is -0.602. The third-order valence-corrected chi connectivity index (χ3v) is 6.39. The monoisotopic (exact) mass is 461 g/mol. The van der Waals surface area contributed by atoms with Crippen LogP contribution in [0.4, 0.5) is 5.82 Å². The Balaban J connectivity index is 1.87. The molecule has 7 nitrogen and oxygen atoms in total. The molecule has 0 spiro atoms. The van der Waals surface area contributed by atoms with Gasteiger partial charge in [0.2, 0.25) is 0 Å². The highest BCUT2D eigenvalue weighted by molar-refractivity contribution is 6.09. The fourth-order valence-electron chi connectivity index (χ4n) is 4.84. The third kappa shape index (κ3) is 4.42. The zero-order valence-corrected chi connectivity index (χ0v) is 20.5. The lowest BCUT2D eigenvalue weighted by Gasteiger charge is -2.40. The first-order valence-corrected chi connectivity index (χ1v) is 11.3. The average Bonchev–Trinajstić information content (AvgIpc) is 2.78. The molecule has 2 N–H and O–H groups in total. The van der Waals surface area contributed by atoms with Gasteiger partial charge in [-0.15, -0.1) is 0 Å². The summed E-state index contributed by atoms with van der Waals surface area (Å²) in [5.74, 6) is 0.764. The van der Waals surface area contributed by atoms with Crippen LogP contribution in [0, 0.1) is 12.3 Å². The standard InChI is InChI=1S/C27H31N3O4/c1-15-7-10-22(28-14-15)30-26(32)23-16(2)29-19-12-27(3,4)13-20(31)25(19)24(23)18-11-17(33-5)8-9-21(18)34-6/h7-11,14,24,29H,12-13H2,1-6H3,(H,28,30,32). The van der Waals surface area contributed by atoms with E-state index in [1.807, 2.05) is 26.0 Å². The van der Waals surface area contributed by atoms with E-state index in [-0.39, 0.29) is 17.1 Å². The quantitative estimate of drug-likeness (QED) is 0.674. The van der Waals surface area contributed by atoms with Crippen LogP contribution in [0.3, 0.4) is 0 Å². The molecule has 1 aromatic heterocycles. The van der Waals surface area contributed by atoms with Crippen LogP contribution in [0.2, 0.25) is 0 Å². The number of carbonyl (C=O) groups excluding carboxylic acids is 2. The van der Waals surface area contributed by atoms with Crippen molar-refractivity contribution in [3.05, 3.63) is 70.2 Å². The van der Waals surface area contributed by atoms with Gasteiger partial charge in [-0.2, -0.15) is 0 Å². The lowest BCUT2D eigenvalue weighted by Crippen LogP contribution is -2.39. The smallest absolute Gasteiger partial charge is 0.255 e. The van der Waals surface area contributed by atoms with Crippen molar-refractivity contribution in [2.24, 2.45) is 5.41 Å². The Morgan fingerprint density at radius 1 is 1.12 bits per heavy atom. The molecule has 0 saturated carbocycles. The van der Waals surface area contributed by atoms with E-state index in [1.165, 1.54) is 0 Å². The van der Waals surface area contributed by atoms with Crippen molar-refractivity contribution in [3.63, 3.8) is 0 Å². The third-order valence-electron chi connectivity index (χ3n) is 6.39. The molecule has 1 aliphatic heterocycles. The molecular formula is C27H31N3O4. The molecule has 178 valence electrons. The van der Waals surface area contributed by atoms with Gasteiger partial charge in [-0.05, 0) is 55.5 Å². The van der Waals surface area contributed by atoms with E-state index in [1.54, 1.807) is 38.6 Å². The SMILES string of the molecule is COc1ccc(OC)c(C2C(C(=O)Nc3ccc(C)cn3)=C(C)NC3=C2C(=O)CC(C)(C)C3)c1. The fourth-order valence-corrected chi connectivity index (χ4v) is 4.84. The summed E-state index contributed by atoms with van der Waals surface area (Å²) in [6.45, 7) is 7.97. The van der Waals surface area contributed by atoms with Crippen molar-refractivity contribution in [2.45, 2.75) is 46.5 Å². The van der Waals surface area contributed by atoms with Gasteiger partial charge in [-0.25, -0.2) is 4.98 Å². The van der Waals surface area contributed by atoms with Crippen molar-refractivity contribution in [1.29, 1.82) is 0 Å². The number of allylic oxidation sites excluding steroid dienone is 3. The van der Waals surface area contributed by atoms with Crippen LogP contribution < -0.4 is 20.1 Å². The van der Waals surface area contributed by atoms with Crippen molar-refractivity contribution >= 4 is 17.5 Å². The van der Waals surface area contributed by atoms with Gasteiger partial charge in [-0.1, -0.05) is 19.9 Å². The summed E-state index contributed by atoms with van der Waals surface area (Å²) >= 11 is 0. The Labute approximate surface area is 200 Å². The number of carbonyl (C=O) groups is 2. The number of anilines is 1. The van der Waals surface area contributed by atoms with Gasteiger partial charge in [-0.3, -0.25) is 9.59 Å². The number of hydrogen-bond acceptors (Lipinski definition) is 6. The van der Waals surface area contributed by atoms with E-state index in [0.717, 1.165) is 11.3 Å². The molecule has 1 aromatic carbocycles. The molecule has 2 aliphatic rings. The Kier molecular flexibility index (Phi) is 6.21. The largest absolute Gasteiger partial charge is 0.497 e. The lowest BCUT2D eigenvalue weighted by molar-refractivity contribution is -0.118. The van der Waals surface area contributed by atoms with E-state index in [0.29, 0.717) is 52.6 Å². The maximum absolute atomic E-state index is 13.7. The highest BCUT2D eigenvalue weighted by atomic mass is 16.5. The number of rotatable bonds is 5. The fraction of sp³-hybridized carbons (Fsp3) is 0.370. The van der Waals surface area contributed by atoms with Crippen LogP contribution in [0.25, 0.3) is 0 Å². The number of ketones is 1. The molecule has 34 heavy (non-hydrogen) atoms. The minimum absolute atomic E-state index is 0.0277. The normalized spacial score (nSPS) is 19.4. The molecule has 7 heteroatoms. The predicted molar refractivity (Wildman–Crippen MR) is 131 cm³/mol. The molecule has 2 heterocycles. The first-order chi connectivity index (χ1) is 16.1. The summed E-state index contributed by atoms with van der Waals surface area (Å²) in [5, 5.41) is 6.29. The number of benzene rings is 1. The molecule has 0 bridgehead atoms. The molecule has 0 fully saturated rings. The highest BCUT2D eigenvalue weighted by Gasteiger charge is 2.43. The van der Waals surface area contributed by atoms with Crippen molar-refractivity contribution in [2.75, 3.05) is 19.5 Å². The van der Waals surface area contributed by atoms with E-state index < -0.39 is 5.92 Å². The van der Waals surface area contributed by atoms with E-state index in [4.69, 9.17) is 9.47 Å². The number of hydrogen-bond donors (Lipinski definition) is 2. The Morgan fingerprint density at radius 3 is 2.53 bits per heavy atom. The van der Waals surface area contributed by atoms with Gasteiger partial charge in [0.25, 0.3) is 5.91 Å². The Morgan fingerprint density at radius 2 is 1.88 bits per heavy atom. The second-order valence-electron chi connectivity index (χ2n) is 9.71. The summed E-state index contributed by atoms with van der Waals surface area (Å²) in [7, 11) is 3.17. The zero-order chi connectivity index (χ0) is 24.6. The number of aryl methyl sites for hydroxylation is 1. The van der Waals surface area contributed by atoms with Crippen LogP contribution in [0.15, 0.2) is 59.1 Å². The van der Waals surface area contributed by atoms with Crippen LogP contribution in [0.1, 0.15) is 50.7 Å². The lowest BCUT2D eigenvalue weighted by atomic mass is 9.68. The first kappa shape index (κ1) is 23.5. The van der Waals surface area contributed by atoms with Gasteiger partial charge in [0, 0.05) is 40.7 Å². The van der Waals surface area contributed by atoms with Gasteiger partial charge in [0.1, 0.15) is 17.3 Å².